The van der Waals surface area contributed by atoms with Gasteiger partial charge in [0.05, 0.1) is 14.1 Å². The topological polar surface area (TPSA) is 65.1 Å². The van der Waals surface area contributed by atoms with Crippen LogP contribution in [0.15, 0.2) is 30.3 Å². The Bertz CT molecular complexity index is 683. The average molecular weight is 360 g/mol. The van der Waals surface area contributed by atoms with E-state index in [0.717, 1.165) is 22.9 Å². The summed E-state index contributed by atoms with van der Waals surface area (Å²) < 4.78 is 17.7. The van der Waals surface area contributed by atoms with E-state index in [2.05, 4.69) is 14.1 Å². The molecule has 0 aliphatic carbocycles. The molecular weight excluding hydrogens is 334 g/mol. The van der Waals surface area contributed by atoms with Crippen LogP contribution in [-0.4, -0.2) is 67.5 Å². The van der Waals surface area contributed by atoms with E-state index in [-0.39, 0.29) is 18.7 Å². The number of likely N-dealkylation sites (N-methyl/N-ethyl adjacent to an activating group) is 1. The van der Waals surface area contributed by atoms with Crippen LogP contribution in [0.5, 0.6) is 0 Å². The van der Waals surface area contributed by atoms with Gasteiger partial charge in [0.15, 0.2) is 0 Å². The number of esters is 2. The Morgan fingerprint density at radius 1 is 1.15 bits per heavy atom. The van der Waals surface area contributed by atoms with Gasteiger partial charge in [-0.15, -0.1) is 0 Å². The molecule has 3 aliphatic rings. The summed E-state index contributed by atoms with van der Waals surface area (Å²) in [6, 6.07) is 10.1. The molecule has 6 nitrogen and oxygen atoms in total. The van der Waals surface area contributed by atoms with Crippen LogP contribution >= 0.6 is 0 Å². The Kier molecular flexibility index (Phi) is 4.28. The molecule has 6 heteroatoms. The molecule has 1 unspecified atom stereocenters. The van der Waals surface area contributed by atoms with Gasteiger partial charge in [0.1, 0.15) is 42.9 Å². The average Bonchev–Trinajstić information content (AvgIpc) is 3.34. The molecule has 140 valence electrons. The smallest absolute Gasteiger partial charge is 0.317 e. The van der Waals surface area contributed by atoms with Crippen LogP contribution in [0.25, 0.3) is 0 Å². The lowest BCUT2D eigenvalue weighted by Gasteiger charge is -2.45. The van der Waals surface area contributed by atoms with Gasteiger partial charge in [0, 0.05) is 19.8 Å². The molecule has 0 aromatic heterocycles. The van der Waals surface area contributed by atoms with Gasteiger partial charge in [-0.25, -0.2) is 0 Å². The van der Waals surface area contributed by atoms with E-state index >= 15 is 0 Å². The van der Waals surface area contributed by atoms with E-state index in [1.807, 2.05) is 30.3 Å². The minimum atomic E-state index is -0.590. The van der Waals surface area contributed by atoms with Crippen molar-refractivity contribution in [2.45, 2.75) is 56.1 Å². The summed E-state index contributed by atoms with van der Waals surface area (Å²) in [6.07, 6.45) is 2.20. The molecule has 0 N–H and O–H groups in total. The third-order valence-corrected chi connectivity index (χ3v) is 6.26. The quantitative estimate of drug-likeness (QED) is 0.454. The van der Waals surface area contributed by atoms with Gasteiger partial charge in [0.2, 0.25) is 0 Å². The highest BCUT2D eigenvalue weighted by Gasteiger charge is 2.70. The molecular formula is C20H26NO5+. The molecule has 3 heterocycles. The predicted molar refractivity (Wildman–Crippen MR) is 93.3 cm³/mol. The molecule has 3 saturated heterocycles. The second-order valence-electron chi connectivity index (χ2n) is 8.13. The maximum Gasteiger partial charge on any atom is 0.317 e. The first-order valence-electron chi connectivity index (χ1n) is 9.25. The third kappa shape index (κ3) is 3.01. The number of rotatable bonds is 5. The molecule has 1 aromatic carbocycles. The number of nitrogens with zero attached hydrogens (tertiary/aromatic N) is 1. The zero-order chi connectivity index (χ0) is 18.5. The zero-order valence-corrected chi connectivity index (χ0v) is 15.5. The van der Waals surface area contributed by atoms with E-state index in [1.165, 1.54) is 6.92 Å². The highest BCUT2D eigenvalue weighted by molar-refractivity contribution is 5.79. The van der Waals surface area contributed by atoms with Crippen LogP contribution in [0, 0.1) is 0 Å². The fourth-order valence-electron chi connectivity index (χ4n) is 4.73. The first kappa shape index (κ1) is 17.5. The summed E-state index contributed by atoms with van der Waals surface area (Å²) in [6.45, 7) is 1.35. The number of carbonyl (C=O) groups excluding carboxylic acids is 2. The molecule has 2 bridgehead atoms. The number of ether oxygens (including phenoxy) is 3. The van der Waals surface area contributed by atoms with Crippen LogP contribution in [0.3, 0.4) is 0 Å². The second kappa shape index (κ2) is 6.35. The Labute approximate surface area is 153 Å². The van der Waals surface area contributed by atoms with Crippen LogP contribution < -0.4 is 0 Å². The summed E-state index contributed by atoms with van der Waals surface area (Å²) in [5.41, 5.74) is 0.805. The van der Waals surface area contributed by atoms with Crippen molar-refractivity contribution >= 4 is 11.9 Å². The molecule has 6 atom stereocenters. The maximum absolute atomic E-state index is 12.9. The van der Waals surface area contributed by atoms with Crippen molar-refractivity contribution in [1.29, 1.82) is 0 Å². The largest absolute Gasteiger partial charge is 0.465 e. The first-order chi connectivity index (χ1) is 12.4. The van der Waals surface area contributed by atoms with Crippen molar-refractivity contribution in [3.05, 3.63) is 35.9 Å². The molecule has 3 aliphatic heterocycles. The highest BCUT2D eigenvalue weighted by Crippen LogP contribution is 2.51. The molecule has 0 amide bonds. The fourth-order valence-corrected chi connectivity index (χ4v) is 4.73. The summed E-state index contributed by atoms with van der Waals surface area (Å²) in [5.74, 6) is -1.30. The number of quaternary nitrogens is 1. The normalized spacial score (nSPS) is 34.5. The lowest BCUT2D eigenvalue weighted by atomic mass is 9.95. The Morgan fingerprint density at radius 2 is 1.77 bits per heavy atom. The van der Waals surface area contributed by atoms with E-state index in [0.29, 0.717) is 24.3 Å². The van der Waals surface area contributed by atoms with Crippen LogP contribution in [-0.2, 0) is 23.8 Å². The van der Waals surface area contributed by atoms with Gasteiger partial charge in [-0.3, -0.25) is 9.59 Å². The van der Waals surface area contributed by atoms with Crippen LogP contribution in [0.2, 0.25) is 0 Å². The molecule has 26 heavy (non-hydrogen) atoms. The standard InChI is InChI=1S/C20H26NO5/c1-12(22)24-11-15(13-7-5-4-6-8-13)20(23)25-14-9-16-18-19(26-18)17(10-14)21(16,2)3/h4-8,14-19H,9-11H2,1-3H3/q+1/t14?,15-,16-,17-,18-,19+/m1/s1. The van der Waals surface area contributed by atoms with Crippen molar-refractivity contribution in [3.63, 3.8) is 0 Å². The molecule has 4 rings (SSSR count). The van der Waals surface area contributed by atoms with Gasteiger partial charge in [-0.1, -0.05) is 30.3 Å². The maximum atomic E-state index is 12.9. The number of fused-ring (bicyclic) bond motifs is 5. The monoisotopic (exact) mass is 360 g/mol. The number of epoxide rings is 1. The van der Waals surface area contributed by atoms with Gasteiger partial charge in [0.25, 0.3) is 0 Å². The molecule has 0 radical (unpaired) electrons. The van der Waals surface area contributed by atoms with Gasteiger partial charge in [-0.05, 0) is 5.56 Å². The number of morpholine rings is 1. The van der Waals surface area contributed by atoms with E-state index in [1.54, 1.807) is 0 Å². The third-order valence-electron chi connectivity index (χ3n) is 6.26. The number of benzene rings is 1. The summed E-state index contributed by atoms with van der Waals surface area (Å²) in [5, 5.41) is 0. The molecule has 0 saturated carbocycles. The fraction of sp³-hybridized carbons (Fsp3) is 0.600. The first-order valence-corrected chi connectivity index (χ1v) is 9.25. The minimum absolute atomic E-state index is 0.00761. The minimum Gasteiger partial charge on any atom is -0.465 e. The van der Waals surface area contributed by atoms with E-state index in [4.69, 9.17) is 14.2 Å². The van der Waals surface area contributed by atoms with E-state index in [9.17, 15) is 9.59 Å². The number of piperidine rings is 1. The van der Waals surface area contributed by atoms with Crippen molar-refractivity contribution in [3.8, 4) is 0 Å². The predicted octanol–water partition coefficient (Wildman–Crippen LogP) is 1.63. The van der Waals surface area contributed by atoms with E-state index < -0.39 is 11.9 Å². The summed E-state index contributed by atoms with van der Waals surface area (Å²) >= 11 is 0. The van der Waals surface area contributed by atoms with Crippen molar-refractivity contribution in [2.75, 3.05) is 20.7 Å². The SMILES string of the molecule is CC(=O)OC[C@@H](C(=O)OC1C[C@@H]2[C@@H]3O[C@@H]3[C@@H](C1)[N+]2(C)C)c1ccccc1. The van der Waals surface area contributed by atoms with Crippen molar-refractivity contribution < 1.29 is 28.3 Å². The lowest BCUT2D eigenvalue weighted by molar-refractivity contribution is -0.938. The highest BCUT2D eigenvalue weighted by atomic mass is 16.6. The molecule has 3 fully saturated rings. The Morgan fingerprint density at radius 3 is 2.35 bits per heavy atom. The van der Waals surface area contributed by atoms with Crippen molar-refractivity contribution in [2.24, 2.45) is 0 Å². The summed E-state index contributed by atoms with van der Waals surface area (Å²) in [7, 11) is 4.49. The second-order valence-corrected chi connectivity index (χ2v) is 8.13. The van der Waals surface area contributed by atoms with Gasteiger partial charge in [-0.2, -0.15) is 0 Å². The Hall–Kier alpha value is -1.92. The van der Waals surface area contributed by atoms with Crippen LogP contribution in [0.4, 0.5) is 0 Å². The van der Waals surface area contributed by atoms with Crippen molar-refractivity contribution in [1.82, 2.24) is 0 Å². The number of hydrogen-bond acceptors (Lipinski definition) is 5. The molecule has 1 aromatic rings. The number of carbonyl (C=O) groups is 2. The van der Waals surface area contributed by atoms with Gasteiger partial charge < -0.3 is 18.7 Å². The Balaban J connectivity index is 1.45. The number of hydrogen-bond donors (Lipinski definition) is 0. The summed E-state index contributed by atoms with van der Waals surface area (Å²) in [4.78, 5) is 24.1. The van der Waals surface area contributed by atoms with Gasteiger partial charge >= 0.3 is 11.9 Å². The lowest BCUT2D eigenvalue weighted by Crippen LogP contribution is -2.60. The zero-order valence-electron chi connectivity index (χ0n) is 15.5. The van der Waals surface area contributed by atoms with Crippen LogP contribution in [0.1, 0.15) is 31.2 Å². The molecule has 0 spiro atoms.